The number of nitrogens with one attached hydrogen (secondary N) is 1. The van der Waals surface area contributed by atoms with E-state index in [1.165, 1.54) is 0 Å². The summed E-state index contributed by atoms with van der Waals surface area (Å²) in [7, 11) is 3.55. The largest absolute Gasteiger partial charge is 0.493 e. The predicted molar refractivity (Wildman–Crippen MR) is 67.1 cm³/mol. The van der Waals surface area contributed by atoms with E-state index >= 15 is 0 Å². The first-order chi connectivity index (χ1) is 7.81. The minimum atomic E-state index is 0.635. The van der Waals surface area contributed by atoms with Gasteiger partial charge in [-0.05, 0) is 31.7 Å². The van der Waals surface area contributed by atoms with E-state index in [2.05, 4.69) is 5.32 Å². The van der Waals surface area contributed by atoms with Gasteiger partial charge < -0.3 is 14.8 Å². The van der Waals surface area contributed by atoms with Crippen molar-refractivity contribution >= 4 is 6.08 Å². The molecule has 0 saturated carbocycles. The van der Waals surface area contributed by atoms with Crippen molar-refractivity contribution in [1.29, 1.82) is 0 Å². The Kier molecular flexibility index (Phi) is 5.43. The maximum atomic E-state index is 5.59. The van der Waals surface area contributed by atoms with Crippen LogP contribution < -0.4 is 14.8 Å². The van der Waals surface area contributed by atoms with E-state index in [1.54, 1.807) is 7.11 Å². The van der Waals surface area contributed by atoms with Gasteiger partial charge in [-0.3, -0.25) is 0 Å². The Morgan fingerprint density at radius 1 is 1.31 bits per heavy atom. The van der Waals surface area contributed by atoms with Gasteiger partial charge in [-0.15, -0.1) is 0 Å². The zero-order chi connectivity index (χ0) is 11.8. The molecule has 3 nitrogen and oxygen atoms in total. The van der Waals surface area contributed by atoms with Crippen LogP contribution in [0.5, 0.6) is 11.5 Å². The molecule has 0 unspecified atom stereocenters. The van der Waals surface area contributed by atoms with E-state index in [1.807, 2.05) is 44.3 Å². The summed E-state index contributed by atoms with van der Waals surface area (Å²) in [4.78, 5) is 0. The SMILES string of the molecule is CC=Cc1ccc(OCCNC)c(OC)c1. The van der Waals surface area contributed by atoms with Gasteiger partial charge in [0.1, 0.15) is 6.61 Å². The molecule has 1 aromatic rings. The number of benzene rings is 1. The number of allylic oxidation sites excluding steroid dienone is 1. The van der Waals surface area contributed by atoms with Gasteiger partial charge in [-0.25, -0.2) is 0 Å². The molecule has 0 bridgehead atoms. The van der Waals surface area contributed by atoms with Crippen LogP contribution in [0, 0.1) is 0 Å². The molecule has 88 valence electrons. The zero-order valence-electron chi connectivity index (χ0n) is 10.1. The lowest BCUT2D eigenvalue weighted by molar-refractivity contribution is 0.295. The van der Waals surface area contributed by atoms with Crippen molar-refractivity contribution < 1.29 is 9.47 Å². The van der Waals surface area contributed by atoms with Gasteiger partial charge in [0, 0.05) is 6.54 Å². The Bertz CT molecular complexity index is 348. The molecule has 0 fully saturated rings. The van der Waals surface area contributed by atoms with E-state index in [0.717, 1.165) is 23.6 Å². The Balaban J connectivity index is 2.76. The van der Waals surface area contributed by atoms with E-state index < -0.39 is 0 Å². The molecule has 0 atom stereocenters. The molecule has 0 spiro atoms. The molecule has 3 heteroatoms. The van der Waals surface area contributed by atoms with Crippen molar-refractivity contribution in [3.05, 3.63) is 29.8 Å². The van der Waals surface area contributed by atoms with Crippen LogP contribution in [-0.2, 0) is 0 Å². The van der Waals surface area contributed by atoms with Gasteiger partial charge in [0.2, 0.25) is 0 Å². The molecule has 0 heterocycles. The summed E-state index contributed by atoms with van der Waals surface area (Å²) < 4.78 is 10.9. The van der Waals surface area contributed by atoms with E-state index in [-0.39, 0.29) is 0 Å². The second kappa shape index (κ2) is 6.90. The molecule has 0 aliphatic heterocycles. The summed E-state index contributed by atoms with van der Waals surface area (Å²) in [6.45, 7) is 3.44. The van der Waals surface area contributed by atoms with Crippen LogP contribution in [0.15, 0.2) is 24.3 Å². The molecule has 0 aliphatic carbocycles. The fourth-order valence-corrected chi connectivity index (χ4v) is 1.36. The molecule has 1 N–H and O–H groups in total. The molecule has 0 aliphatic rings. The number of likely N-dealkylation sites (N-methyl/N-ethyl adjacent to an activating group) is 1. The van der Waals surface area contributed by atoms with Gasteiger partial charge in [-0.2, -0.15) is 0 Å². The monoisotopic (exact) mass is 221 g/mol. The maximum absolute atomic E-state index is 5.59. The van der Waals surface area contributed by atoms with Crippen molar-refractivity contribution in [3.8, 4) is 11.5 Å². The predicted octanol–water partition coefficient (Wildman–Crippen LogP) is 2.33. The first-order valence-corrected chi connectivity index (χ1v) is 5.40. The molecule has 16 heavy (non-hydrogen) atoms. The normalized spacial score (nSPS) is 10.7. The first-order valence-electron chi connectivity index (χ1n) is 5.40. The number of ether oxygens (including phenoxy) is 2. The lowest BCUT2D eigenvalue weighted by Gasteiger charge is -2.11. The summed E-state index contributed by atoms with van der Waals surface area (Å²) >= 11 is 0. The maximum Gasteiger partial charge on any atom is 0.161 e. The van der Waals surface area contributed by atoms with Crippen molar-refractivity contribution in [2.24, 2.45) is 0 Å². The van der Waals surface area contributed by atoms with Gasteiger partial charge in [0.25, 0.3) is 0 Å². The highest BCUT2D eigenvalue weighted by molar-refractivity contribution is 5.55. The Morgan fingerprint density at radius 3 is 2.75 bits per heavy atom. The third kappa shape index (κ3) is 3.59. The number of hydrogen-bond donors (Lipinski definition) is 1. The van der Waals surface area contributed by atoms with E-state index in [0.29, 0.717) is 6.61 Å². The van der Waals surface area contributed by atoms with Crippen molar-refractivity contribution in [2.45, 2.75) is 6.92 Å². The summed E-state index contributed by atoms with van der Waals surface area (Å²) in [5.74, 6) is 1.55. The summed E-state index contributed by atoms with van der Waals surface area (Å²) in [5.41, 5.74) is 1.11. The van der Waals surface area contributed by atoms with E-state index in [4.69, 9.17) is 9.47 Å². The second-order valence-corrected chi connectivity index (χ2v) is 3.36. The van der Waals surface area contributed by atoms with Gasteiger partial charge in [0.15, 0.2) is 11.5 Å². The Labute approximate surface area is 97.1 Å². The van der Waals surface area contributed by atoms with Crippen LogP contribution in [0.4, 0.5) is 0 Å². The van der Waals surface area contributed by atoms with Crippen molar-refractivity contribution in [2.75, 3.05) is 27.3 Å². The molecule has 1 aromatic carbocycles. The average molecular weight is 221 g/mol. The minimum Gasteiger partial charge on any atom is -0.493 e. The molecule has 0 radical (unpaired) electrons. The van der Waals surface area contributed by atoms with Gasteiger partial charge in [-0.1, -0.05) is 18.2 Å². The average Bonchev–Trinajstić information content (AvgIpc) is 2.31. The van der Waals surface area contributed by atoms with Crippen LogP contribution >= 0.6 is 0 Å². The smallest absolute Gasteiger partial charge is 0.161 e. The van der Waals surface area contributed by atoms with Crippen LogP contribution in [0.1, 0.15) is 12.5 Å². The second-order valence-electron chi connectivity index (χ2n) is 3.36. The quantitative estimate of drug-likeness (QED) is 0.748. The number of hydrogen-bond acceptors (Lipinski definition) is 3. The zero-order valence-corrected chi connectivity index (χ0v) is 10.1. The molecule has 0 saturated heterocycles. The highest BCUT2D eigenvalue weighted by Gasteiger charge is 2.03. The van der Waals surface area contributed by atoms with Gasteiger partial charge >= 0.3 is 0 Å². The lowest BCUT2D eigenvalue weighted by Crippen LogP contribution is -2.16. The van der Waals surface area contributed by atoms with Crippen LogP contribution in [0.25, 0.3) is 6.08 Å². The Hall–Kier alpha value is -1.48. The summed E-state index contributed by atoms with van der Waals surface area (Å²) in [6.07, 6.45) is 4.02. The number of methoxy groups -OCH3 is 1. The minimum absolute atomic E-state index is 0.635. The van der Waals surface area contributed by atoms with Crippen molar-refractivity contribution in [1.82, 2.24) is 5.32 Å². The molecule has 0 aromatic heterocycles. The highest BCUT2D eigenvalue weighted by Crippen LogP contribution is 2.28. The first kappa shape index (κ1) is 12.6. The fraction of sp³-hybridized carbons (Fsp3) is 0.385. The Morgan fingerprint density at radius 2 is 2.12 bits per heavy atom. The lowest BCUT2D eigenvalue weighted by atomic mass is 10.2. The number of rotatable bonds is 6. The molecular formula is C13H19NO2. The standard InChI is InChI=1S/C13H19NO2/c1-4-5-11-6-7-12(13(10-11)15-3)16-9-8-14-2/h4-7,10,14H,8-9H2,1-3H3. The molecule has 0 amide bonds. The third-order valence-electron chi connectivity index (χ3n) is 2.16. The molecule has 1 rings (SSSR count). The summed E-state index contributed by atoms with van der Waals surface area (Å²) in [5, 5.41) is 3.03. The highest BCUT2D eigenvalue weighted by atomic mass is 16.5. The third-order valence-corrected chi connectivity index (χ3v) is 2.16. The van der Waals surface area contributed by atoms with Crippen molar-refractivity contribution in [3.63, 3.8) is 0 Å². The van der Waals surface area contributed by atoms with Crippen LogP contribution in [0.3, 0.4) is 0 Å². The van der Waals surface area contributed by atoms with Gasteiger partial charge in [0.05, 0.1) is 7.11 Å². The van der Waals surface area contributed by atoms with Crippen LogP contribution in [-0.4, -0.2) is 27.3 Å². The topological polar surface area (TPSA) is 30.5 Å². The summed E-state index contributed by atoms with van der Waals surface area (Å²) in [6, 6.07) is 5.91. The van der Waals surface area contributed by atoms with E-state index in [9.17, 15) is 0 Å². The van der Waals surface area contributed by atoms with Crippen LogP contribution in [0.2, 0.25) is 0 Å². The fourth-order valence-electron chi connectivity index (χ4n) is 1.36. The molecular weight excluding hydrogens is 202 g/mol.